The smallest absolute Gasteiger partial charge is 0.550 e. The summed E-state index contributed by atoms with van der Waals surface area (Å²) in [5, 5.41) is 23.8. The van der Waals surface area contributed by atoms with E-state index < -0.39 is 30.3 Å². The summed E-state index contributed by atoms with van der Waals surface area (Å²) in [6.45, 7) is 8.40. The number of carboxylic acid groups (broad SMARTS) is 2. The molecule has 0 aromatic heterocycles. The molecule has 0 saturated heterocycles. The van der Waals surface area contributed by atoms with Gasteiger partial charge in [-0.25, -0.2) is 0 Å². The number of allylic oxidation sites excluding steroid dienone is 5. The van der Waals surface area contributed by atoms with E-state index >= 15 is 0 Å². The van der Waals surface area contributed by atoms with Gasteiger partial charge in [0.25, 0.3) is 0 Å². The first-order chi connectivity index (χ1) is 13.6. The number of nitrogens with one attached hydrogen (secondary N) is 1. The number of amides is 1. The van der Waals surface area contributed by atoms with Gasteiger partial charge in [-0.05, 0) is 59.8 Å². The minimum Gasteiger partial charge on any atom is -0.550 e. The number of hydrogen-bond donors (Lipinski definition) is 1. The number of carbonyl (C=O) groups is 3. The summed E-state index contributed by atoms with van der Waals surface area (Å²) in [4.78, 5) is 33.0. The Morgan fingerprint density at radius 1 is 0.839 bits per heavy atom. The molecule has 0 spiro atoms. The predicted molar refractivity (Wildman–Crippen MR) is 114 cm³/mol. The molecule has 0 rings (SSSR count). The molecule has 9 heteroatoms. The van der Waals surface area contributed by atoms with Gasteiger partial charge in [-0.2, -0.15) is 11.8 Å². The first kappa shape index (κ1) is 35.6. The van der Waals surface area contributed by atoms with E-state index in [4.69, 9.17) is 0 Å². The van der Waals surface area contributed by atoms with Crippen molar-refractivity contribution < 1.29 is 83.7 Å². The zero-order valence-electron chi connectivity index (χ0n) is 19.9. The summed E-state index contributed by atoms with van der Waals surface area (Å²) in [5.41, 5.74) is 3.96. The summed E-state index contributed by atoms with van der Waals surface area (Å²) >= 11 is 1.38. The van der Waals surface area contributed by atoms with Gasteiger partial charge in [-0.15, -0.1) is 0 Å². The van der Waals surface area contributed by atoms with Crippen LogP contribution in [0.4, 0.5) is 0 Å². The molecule has 0 bridgehead atoms. The van der Waals surface area contributed by atoms with Crippen LogP contribution in [0.25, 0.3) is 0 Å². The summed E-state index contributed by atoms with van der Waals surface area (Å²) in [6, 6.07) is -1.14. The van der Waals surface area contributed by atoms with E-state index in [-0.39, 0.29) is 71.3 Å². The van der Waals surface area contributed by atoms with Crippen LogP contribution in [0.2, 0.25) is 0 Å². The molecule has 0 fully saturated rings. The molecule has 0 unspecified atom stereocenters. The van der Waals surface area contributed by atoms with Crippen LogP contribution in [-0.2, 0) is 14.4 Å². The van der Waals surface area contributed by atoms with E-state index in [0.717, 1.165) is 25.7 Å². The molecular weight excluding hydrogens is 436 g/mol. The van der Waals surface area contributed by atoms with Gasteiger partial charge in [0.05, 0.1) is 12.0 Å². The van der Waals surface area contributed by atoms with Gasteiger partial charge in [0.15, 0.2) is 0 Å². The molecular formula is C22H33NNa2O5S. The number of carboxylic acids is 2. The van der Waals surface area contributed by atoms with Crippen LogP contribution in [0.3, 0.4) is 0 Å². The van der Waals surface area contributed by atoms with Crippen LogP contribution in [0.15, 0.2) is 34.9 Å². The Labute approximate surface area is 235 Å². The summed E-state index contributed by atoms with van der Waals surface area (Å²) in [5.74, 6) is -2.57. The Bertz CT molecular complexity index is 644. The maximum Gasteiger partial charge on any atom is 1.00 e. The average molecular weight is 470 g/mol. The zero-order valence-corrected chi connectivity index (χ0v) is 24.7. The minimum absolute atomic E-state index is 0. The maximum absolute atomic E-state index is 11.6. The fraction of sp³-hybridized carbons (Fsp3) is 0.591. The quantitative estimate of drug-likeness (QED) is 0.148. The molecule has 164 valence electrons. The summed E-state index contributed by atoms with van der Waals surface area (Å²) in [6.07, 6.45) is 9.88. The molecule has 6 nitrogen and oxygen atoms in total. The molecule has 0 radical (unpaired) electrons. The first-order valence-corrected chi connectivity index (χ1v) is 11.0. The molecule has 0 heterocycles. The largest absolute Gasteiger partial charge is 1.00 e. The Morgan fingerprint density at radius 3 is 1.90 bits per heavy atom. The van der Waals surface area contributed by atoms with E-state index in [1.807, 2.05) is 6.92 Å². The maximum atomic E-state index is 11.6. The van der Waals surface area contributed by atoms with Crippen LogP contribution >= 0.6 is 11.8 Å². The molecule has 0 aliphatic heterocycles. The molecule has 0 aliphatic rings. The van der Waals surface area contributed by atoms with Crippen molar-refractivity contribution in [3.8, 4) is 0 Å². The topological polar surface area (TPSA) is 109 Å². The van der Waals surface area contributed by atoms with Crippen LogP contribution in [0.1, 0.15) is 66.2 Å². The normalized spacial score (nSPS) is 12.1. The van der Waals surface area contributed by atoms with Crippen molar-refractivity contribution in [1.29, 1.82) is 0 Å². The molecule has 31 heavy (non-hydrogen) atoms. The van der Waals surface area contributed by atoms with Crippen LogP contribution in [0, 0.1) is 0 Å². The average Bonchev–Trinajstić information content (AvgIpc) is 2.61. The number of thioether (sulfide) groups is 1. The molecule has 0 aromatic carbocycles. The standard InChI is InChI=1S/C22H35NO5S.2Na/c1-16(2)7-5-8-17(3)9-6-10-18(4)13-14-29-15-19(22(27)28)23-20(24)11-12-21(25)26;;/h7,9,13,19H,5-6,8,10-12,14-15H2,1-4H3,(H,23,24)(H,25,26)(H,27,28);;/q;2*+1/p-2/b17-9+,18-13+;;/t19-;;/m1../s1. The van der Waals surface area contributed by atoms with Crippen molar-refractivity contribution in [2.45, 2.75) is 72.3 Å². The molecule has 0 aliphatic carbocycles. The van der Waals surface area contributed by atoms with Crippen molar-refractivity contribution in [2.24, 2.45) is 0 Å². The summed E-state index contributed by atoms with van der Waals surface area (Å²) < 4.78 is 0. The number of carbonyl (C=O) groups excluding carboxylic acids is 3. The van der Waals surface area contributed by atoms with Gasteiger partial charge in [-0.3, -0.25) is 4.79 Å². The zero-order chi connectivity index (χ0) is 22.2. The van der Waals surface area contributed by atoms with Crippen LogP contribution in [-0.4, -0.2) is 35.4 Å². The first-order valence-electron chi connectivity index (χ1n) is 9.84. The molecule has 1 atom stereocenters. The van der Waals surface area contributed by atoms with E-state index in [2.05, 4.69) is 44.3 Å². The SMILES string of the molecule is CC(C)=CCC/C(C)=C/CC/C(C)=C/CSC[C@@H](NC(=O)CCC(=O)[O-])C(=O)[O-].[Na+].[Na+]. The Morgan fingerprint density at radius 2 is 1.39 bits per heavy atom. The van der Waals surface area contributed by atoms with Crippen molar-refractivity contribution in [3.05, 3.63) is 34.9 Å². The van der Waals surface area contributed by atoms with Crippen molar-refractivity contribution in [3.63, 3.8) is 0 Å². The molecule has 0 saturated carbocycles. The van der Waals surface area contributed by atoms with Gasteiger partial charge in [0, 0.05) is 23.9 Å². The third kappa shape index (κ3) is 22.9. The van der Waals surface area contributed by atoms with Gasteiger partial charge in [0.2, 0.25) is 5.91 Å². The van der Waals surface area contributed by atoms with Crippen molar-refractivity contribution in [2.75, 3.05) is 11.5 Å². The van der Waals surface area contributed by atoms with Crippen molar-refractivity contribution >= 4 is 29.6 Å². The van der Waals surface area contributed by atoms with E-state index in [1.54, 1.807) is 0 Å². The second-order valence-electron chi connectivity index (χ2n) is 7.31. The monoisotopic (exact) mass is 469 g/mol. The second-order valence-corrected chi connectivity index (χ2v) is 8.38. The Kier molecular flexibility index (Phi) is 25.0. The molecule has 1 amide bonds. The third-order valence-corrected chi connectivity index (χ3v) is 5.10. The molecule has 0 aromatic rings. The van der Waals surface area contributed by atoms with Gasteiger partial charge >= 0.3 is 59.1 Å². The number of aliphatic carboxylic acids is 2. The summed E-state index contributed by atoms with van der Waals surface area (Å²) in [7, 11) is 0. The molecule has 1 N–H and O–H groups in total. The van der Waals surface area contributed by atoms with Crippen LogP contribution in [0.5, 0.6) is 0 Å². The van der Waals surface area contributed by atoms with E-state index in [1.165, 1.54) is 28.5 Å². The minimum atomic E-state index is -1.38. The predicted octanol–water partition coefficient (Wildman–Crippen LogP) is -4.09. The van der Waals surface area contributed by atoms with Gasteiger partial charge < -0.3 is 25.1 Å². The Balaban J connectivity index is -0.00000392. The Hall–Kier alpha value is -0.0200. The second kappa shape index (κ2) is 21.8. The van der Waals surface area contributed by atoms with E-state index in [9.17, 15) is 24.6 Å². The van der Waals surface area contributed by atoms with Gasteiger partial charge in [-0.1, -0.05) is 34.9 Å². The number of rotatable bonds is 15. The number of hydrogen-bond acceptors (Lipinski definition) is 6. The van der Waals surface area contributed by atoms with Crippen LogP contribution < -0.4 is 74.6 Å². The van der Waals surface area contributed by atoms with Crippen molar-refractivity contribution in [1.82, 2.24) is 5.32 Å². The van der Waals surface area contributed by atoms with E-state index in [0.29, 0.717) is 5.75 Å². The van der Waals surface area contributed by atoms with Gasteiger partial charge in [0.1, 0.15) is 0 Å². The third-order valence-electron chi connectivity index (χ3n) is 4.13. The fourth-order valence-electron chi connectivity index (χ4n) is 2.38. The fourth-order valence-corrected chi connectivity index (χ4v) is 3.37.